The van der Waals surface area contributed by atoms with Crippen LogP contribution >= 0.6 is 0 Å². The van der Waals surface area contributed by atoms with Gasteiger partial charge in [0, 0.05) is 25.8 Å². The molecule has 0 fully saturated rings. The molecule has 0 rings (SSSR count). The molecular formula is C8H15NO2S. The van der Waals surface area contributed by atoms with E-state index < -0.39 is 9.84 Å². The zero-order chi connectivity index (χ0) is 9.45. The lowest BCUT2D eigenvalue weighted by Gasteiger charge is -1.99. The third kappa shape index (κ3) is 9.47. The van der Waals surface area contributed by atoms with E-state index in [1.165, 1.54) is 6.26 Å². The first kappa shape index (κ1) is 11.5. The van der Waals surface area contributed by atoms with Crippen LogP contribution in [0.3, 0.4) is 0 Å². The second-order valence-electron chi connectivity index (χ2n) is 2.56. The van der Waals surface area contributed by atoms with Crippen LogP contribution in [0, 0.1) is 11.8 Å². The highest BCUT2D eigenvalue weighted by molar-refractivity contribution is 7.90. The van der Waals surface area contributed by atoms with Gasteiger partial charge >= 0.3 is 0 Å². The van der Waals surface area contributed by atoms with E-state index in [1.807, 2.05) is 0 Å². The minimum absolute atomic E-state index is 0.201. The molecule has 0 bridgehead atoms. The van der Waals surface area contributed by atoms with Gasteiger partial charge in [-0.2, -0.15) is 0 Å². The summed E-state index contributed by atoms with van der Waals surface area (Å²) >= 11 is 0. The summed E-state index contributed by atoms with van der Waals surface area (Å²) in [6, 6.07) is 0. The summed E-state index contributed by atoms with van der Waals surface area (Å²) in [6.07, 6.45) is 2.01. The van der Waals surface area contributed by atoms with Gasteiger partial charge in [0.15, 0.2) is 0 Å². The molecule has 0 radical (unpaired) electrons. The van der Waals surface area contributed by atoms with Crippen molar-refractivity contribution in [2.45, 2.75) is 13.3 Å². The molecule has 0 saturated carbocycles. The van der Waals surface area contributed by atoms with E-state index >= 15 is 0 Å². The number of rotatable bonds is 5. The van der Waals surface area contributed by atoms with Crippen molar-refractivity contribution in [3.63, 3.8) is 0 Å². The van der Waals surface area contributed by atoms with Gasteiger partial charge in [-0.1, -0.05) is 0 Å². The Balaban J connectivity index is 3.27. The minimum Gasteiger partial charge on any atom is -0.315 e. The molecule has 70 valence electrons. The van der Waals surface area contributed by atoms with E-state index in [-0.39, 0.29) is 5.75 Å². The SMILES string of the molecule is CC#CCCNCCS(C)(=O)=O. The average Bonchev–Trinajstić information content (AvgIpc) is 1.94. The molecule has 0 aliphatic rings. The largest absolute Gasteiger partial charge is 0.315 e. The fourth-order valence-electron chi connectivity index (χ4n) is 0.658. The van der Waals surface area contributed by atoms with Crippen LogP contribution in [0.5, 0.6) is 0 Å². The van der Waals surface area contributed by atoms with Crippen LogP contribution in [0.4, 0.5) is 0 Å². The van der Waals surface area contributed by atoms with Crippen LogP contribution < -0.4 is 5.32 Å². The first-order chi connectivity index (χ1) is 5.56. The van der Waals surface area contributed by atoms with Crippen molar-refractivity contribution in [1.82, 2.24) is 5.32 Å². The van der Waals surface area contributed by atoms with E-state index in [2.05, 4.69) is 17.2 Å². The van der Waals surface area contributed by atoms with Gasteiger partial charge in [0.05, 0.1) is 5.75 Å². The van der Waals surface area contributed by atoms with Crippen LogP contribution in [-0.4, -0.2) is 33.5 Å². The van der Waals surface area contributed by atoms with E-state index in [1.54, 1.807) is 6.92 Å². The molecule has 0 aliphatic carbocycles. The van der Waals surface area contributed by atoms with E-state index in [0.29, 0.717) is 6.54 Å². The van der Waals surface area contributed by atoms with Crippen molar-refractivity contribution in [3.05, 3.63) is 0 Å². The summed E-state index contributed by atoms with van der Waals surface area (Å²) in [5.74, 6) is 5.85. The normalized spacial score (nSPS) is 10.5. The standard InChI is InChI=1S/C8H15NO2S/c1-3-4-5-6-9-7-8-12(2,10)11/h9H,5-8H2,1-2H3. The minimum atomic E-state index is -2.82. The van der Waals surface area contributed by atoms with E-state index in [0.717, 1.165) is 13.0 Å². The number of sulfone groups is 1. The zero-order valence-electron chi connectivity index (χ0n) is 7.55. The molecule has 0 amide bonds. The predicted octanol–water partition coefficient (Wildman–Crippen LogP) is 0.0340. The maximum atomic E-state index is 10.7. The summed E-state index contributed by atoms with van der Waals surface area (Å²) in [7, 11) is -2.82. The van der Waals surface area contributed by atoms with Crippen molar-refractivity contribution in [2.24, 2.45) is 0 Å². The highest BCUT2D eigenvalue weighted by Crippen LogP contribution is 1.79. The van der Waals surface area contributed by atoms with Crippen molar-refractivity contribution in [2.75, 3.05) is 25.1 Å². The van der Waals surface area contributed by atoms with Gasteiger partial charge in [0.25, 0.3) is 0 Å². The summed E-state index contributed by atoms with van der Waals surface area (Å²) < 4.78 is 21.3. The van der Waals surface area contributed by atoms with Gasteiger partial charge < -0.3 is 5.32 Å². The maximum Gasteiger partial charge on any atom is 0.148 e. The molecule has 0 heterocycles. The predicted molar refractivity (Wildman–Crippen MR) is 50.6 cm³/mol. The highest BCUT2D eigenvalue weighted by atomic mass is 32.2. The molecule has 0 saturated heterocycles. The Kier molecular flexibility index (Phi) is 5.77. The van der Waals surface area contributed by atoms with Crippen molar-refractivity contribution >= 4 is 9.84 Å². The number of hydrogen-bond donors (Lipinski definition) is 1. The van der Waals surface area contributed by atoms with Crippen LogP contribution in [-0.2, 0) is 9.84 Å². The third-order valence-electron chi connectivity index (χ3n) is 1.25. The lowest BCUT2D eigenvalue weighted by molar-refractivity contribution is 0.597. The Morgan fingerprint density at radius 3 is 2.50 bits per heavy atom. The first-order valence-electron chi connectivity index (χ1n) is 3.84. The molecule has 0 aliphatic heterocycles. The topological polar surface area (TPSA) is 46.2 Å². The molecule has 12 heavy (non-hydrogen) atoms. The molecule has 1 N–H and O–H groups in total. The molecule has 0 unspecified atom stereocenters. The summed E-state index contributed by atoms with van der Waals surface area (Å²) in [6.45, 7) is 3.07. The fraction of sp³-hybridized carbons (Fsp3) is 0.750. The Morgan fingerprint density at radius 2 is 2.00 bits per heavy atom. The molecular weight excluding hydrogens is 174 g/mol. The Morgan fingerprint density at radius 1 is 1.33 bits per heavy atom. The van der Waals surface area contributed by atoms with Gasteiger partial charge in [0.2, 0.25) is 0 Å². The van der Waals surface area contributed by atoms with Gasteiger partial charge in [-0.25, -0.2) is 8.42 Å². The van der Waals surface area contributed by atoms with Gasteiger partial charge in [-0.15, -0.1) is 11.8 Å². The summed E-state index contributed by atoms with van der Waals surface area (Å²) in [5, 5.41) is 3.00. The Bertz CT molecular complexity index is 259. The summed E-state index contributed by atoms with van der Waals surface area (Å²) in [4.78, 5) is 0. The van der Waals surface area contributed by atoms with Gasteiger partial charge in [-0.3, -0.25) is 0 Å². The molecule has 0 atom stereocenters. The first-order valence-corrected chi connectivity index (χ1v) is 5.90. The Hall–Kier alpha value is -0.530. The lowest BCUT2D eigenvalue weighted by atomic mass is 10.4. The molecule has 0 aromatic carbocycles. The highest BCUT2D eigenvalue weighted by Gasteiger charge is 1.99. The molecule has 0 aromatic rings. The quantitative estimate of drug-likeness (QED) is 0.490. The van der Waals surface area contributed by atoms with Crippen molar-refractivity contribution < 1.29 is 8.42 Å². The molecule has 3 nitrogen and oxygen atoms in total. The third-order valence-corrected chi connectivity index (χ3v) is 2.20. The van der Waals surface area contributed by atoms with Crippen molar-refractivity contribution in [1.29, 1.82) is 0 Å². The van der Waals surface area contributed by atoms with Crippen molar-refractivity contribution in [3.8, 4) is 11.8 Å². The summed E-state index contributed by atoms with van der Waals surface area (Å²) in [5.41, 5.74) is 0. The van der Waals surface area contributed by atoms with Gasteiger partial charge in [-0.05, 0) is 6.92 Å². The second kappa shape index (κ2) is 6.04. The fourth-order valence-corrected chi connectivity index (χ4v) is 1.17. The molecule has 4 heteroatoms. The maximum absolute atomic E-state index is 10.7. The zero-order valence-corrected chi connectivity index (χ0v) is 8.37. The molecule has 0 aromatic heterocycles. The van der Waals surface area contributed by atoms with Crippen LogP contribution in [0.15, 0.2) is 0 Å². The lowest BCUT2D eigenvalue weighted by Crippen LogP contribution is -2.23. The van der Waals surface area contributed by atoms with Crippen LogP contribution in [0.2, 0.25) is 0 Å². The smallest absolute Gasteiger partial charge is 0.148 e. The number of hydrogen-bond acceptors (Lipinski definition) is 3. The van der Waals surface area contributed by atoms with Crippen LogP contribution in [0.1, 0.15) is 13.3 Å². The van der Waals surface area contributed by atoms with Crippen LogP contribution in [0.25, 0.3) is 0 Å². The average molecular weight is 189 g/mol. The van der Waals surface area contributed by atoms with Gasteiger partial charge in [0.1, 0.15) is 9.84 Å². The number of nitrogens with one attached hydrogen (secondary N) is 1. The van der Waals surface area contributed by atoms with E-state index in [9.17, 15) is 8.42 Å². The second-order valence-corrected chi connectivity index (χ2v) is 4.82. The molecule has 0 spiro atoms. The Labute approximate surface area is 74.5 Å². The monoisotopic (exact) mass is 189 g/mol. The van der Waals surface area contributed by atoms with E-state index in [4.69, 9.17) is 0 Å².